The first-order chi connectivity index (χ1) is 4.79. The van der Waals surface area contributed by atoms with Crippen LogP contribution in [0.4, 0.5) is 4.39 Å². The normalized spacial score (nSPS) is 11.0. The fraction of sp³-hybridized carbons (Fsp3) is 0.143. The van der Waals surface area contributed by atoms with Crippen LogP contribution in [0.25, 0.3) is 11.2 Å². The molecule has 2 aromatic heterocycles. The van der Waals surface area contributed by atoms with Crippen molar-refractivity contribution in [1.82, 2.24) is 0 Å². The van der Waals surface area contributed by atoms with Gasteiger partial charge in [-0.1, -0.05) is 0 Å². The Balaban J connectivity index is 2.95. The third kappa shape index (κ3) is 0.518. The van der Waals surface area contributed by atoms with Gasteiger partial charge in [0, 0.05) is 6.07 Å². The van der Waals surface area contributed by atoms with Crippen LogP contribution in [-0.4, -0.2) is 0 Å². The molecule has 0 fully saturated rings. The molecule has 2 nitrogen and oxygen atoms in total. The van der Waals surface area contributed by atoms with Crippen LogP contribution in [0, 0.1) is 12.9 Å². The number of fused-ring (bicyclic) bond motifs is 1. The number of hydrogen-bond acceptors (Lipinski definition) is 2. The topological polar surface area (TPSA) is 26.3 Å². The lowest BCUT2D eigenvalue weighted by Crippen LogP contribution is -1.68. The van der Waals surface area contributed by atoms with Crippen molar-refractivity contribution in [2.24, 2.45) is 0 Å². The molecule has 0 atom stereocenters. The molecule has 0 aliphatic carbocycles. The Morgan fingerprint density at radius 3 is 3.00 bits per heavy atom. The summed E-state index contributed by atoms with van der Waals surface area (Å²) in [6.45, 7) is 1.62. The van der Waals surface area contributed by atoms with Crippen LogP contribution in [0.3, 0.4) is 0 Å². The monoisotopic (exact) mass is 140 g/mol. The van der Waals surface area contributed by atoms with E-state index in [-0.39, 0.29) is 0 Å². The van der Waals surface area contributed by atoms with Gasteiger partial charge in [0.15, 0.2) is 11.2 Å². The van der Waals surface area contributed by atoms with Gasteiger partial charge < -0.3 is 8.83 Å². The van der Waals surface area contributed by atoms with Gasteiger partial charge in [0.2, 0.25) is 0 Å². The predicted molar refractivity (Wildman–Crippen MR) is 33.2 cm³/mol. The lowest BCUT2D eigenvalue weighted by atomic mass is 10.3. The molecule has 0 aliphatic rings. The van der Waals surface area contributed by atoms with Crippen molar-refractivity contribution in [3.8, 4) is 0 Å². The first-order valence-corrected chi connectivity index (χ1v) is 2.91. The largest absolute Gasteiger partial charge is 0.460 e. The van der Waals surface area contributed by atoms with E-state index in [2.05, 4.69) is 4.42 Å². The Labute approximate surface area is 56.2 Å². The van der Waals surface area contributed by atoms with Gasteiger partial charge in [-0.2, -0.15) is 4.39 Å². The third-order valence-corrected chi connectivity index (χ3v) is 1.46. The number of rotatable bonds is 0. The maximum atomic E-state index is 12.5. The van der Waals surface area contributed by atoms with Gasteiger partial charge in [-0.05, 0) is 6.92 Å². The highest BCUT2D eigenvalue weighted by Crippen LogP contribution is 2.24. The van der Waals surface area contributed by atoms with Crippen LogP contribution < -0.4 is 0 Å². The minimum absolute atomic E-state index is 0.431. The molecule has 52 valence electrons. The van der Waals surface area contributed by atoms with E-state index in [1.165, 1.54) is 6.26 Å². The molecule has 2 heterocycles. The Morgan fingerprint density at radius 1 is 1.50 bits per heavy atom. The van der Waals surface area contributed by atoms with Gasteiger partial charge >= 0.3 is 0 Å². The summed E-state index contributed by atoms with van der Waals surface area (Å²) < 4.78 is 22.2. The molecule has 3 heteroatoms. The zero-order chi connectivity index (χ0) is 7.14. The van der Waals surface area contributed by atoms with Gasteiger partial charge in [0.05, 0.1) is 11.8 Å². The van der Waals surface area contributed by atoms with Crippen molar-refractivity contribution in [2.75, 3.05) is 0 Å². The smallest absolute Gasteiger partial charge is 0.285 e. The fourth-order valence-corrected chi connectivity index (χ4v) is 0.914. The molecule has 0 amide bonds. The van der Waals surface area contributed by atoms with Gasteiger partial charge in [0.1, 0.15) is 0 Å². The van der Waals surface area contributed by atoms with E-state index in [1.54, 1.807) is 13.0 Å². The van der Waals surface area contributed by atoms with Crippen molar-refractivity contribution >= 4 is 11.2 Å². The molecule has 0 aromatic carbocycles. The molecule has 0 spiro atoms. The van der Waals surface area contributed by atoms with E-state index >= 15 is 0 Å². The van der Waals surface area contributed by atoms with E-state index in [0.29, 0.717) is 16.7 Å². The molecule has 0 unspecified atom stereocenters. The van der Waals surface area contributed by atoms with Crippen LogP contribution in [0.5, 0.6) is 0 Å². The Kier molecular flexibility index (Phi) is 0.897. The maximum Gasteiger partial charge on any atom is 0.285 e. The summed E-state index contributed by atoms with van der Waals surface area (Å²) >= 11 is 0. The van der Waals surface area contributed by atoms with E-state index in [9.17, 15) is 4.39 Å². The summed E-state index contributed by atoms with van der Waals surface area (Å²) in [7, 11) is 0. The molecule has 0 N–H and O–H groups in total. The van der Waals surface area contributed by atoms with Crippen molar-refractivity contribution in [3.63, 3.8) is 0 Å². The fourth-order valence-electron chi connectivity index (χ4n) is 0.914. The van der Waals surface area contributed by atoms with Crippen molar-refractivity contribution < 1.29 is 13.2 Å². The van der Waals surface area contributed by atoms with E-state index in [0.717, 1.165) is 0 Å². The van der Waals surface area contributed by atoms with Crippen LogP contribution >= 0.6 is 0 Å². The van der Waals surface area contributed by atoms with E-state index in [1.807, 2.05) is 0 Å². The predicted octanol–water partition coefficient (Wildman–Crippen LogP) is 2.47. The van der Waals surface area contributed by atoms with Gasteiger partial charge in [-0.15, -0.1) is 0 Å². The maximum absolute atomic E-state index is 12.5. The summed E-state index contributed by atoms with van der Waals surface area (Å²) in [5, 5.41) is 0. The molecule has 0 radical (unpaired) electrons. The first-order valence-electron chi connectivity index (χ1n) is 2.91. The highest BCUT2D eigenvalue weighted by atomic mass is 19.1. The van der Waals surface area contributed by atoms with E-state index in [4.69, 9.17) is 4.42 Å². The van der Waals surface area contributed by atoms with Crippen molar-refractivity contribution in [1.29, 1.82) is 0 Å². The number of aryl methyl sites for hydroxylation is 1. The van der Waals surface area contributed by atoms with Gasteiger partial charge in [-0.25, -0.2) is 0 Å². The van der Waals surface area contributed by atoms with Gasteiger partial charge in [-0.3, -0.25) is 0 Å². The summed E-state index contributed by atoms with van der Waals surface area (Å²) in [5.41, 5.74) is 1.40. The average molecular weight is 140 g/mol. The summed E-state index contributed by atoms with van der Waals surface area (Å²) in [6, 6.07) is 1.03. The van der Waals surface area contributed by atoms with Crippen molar-refractivity contribution in [2.45, 2.75) is 6.92 Å². The SMILES string of the molecule is Cc1c(F)oc2ccoc12. The number of hydrogen-bond donors (Lipinski definition) is 0. The molecule has 10 heavy (non-hydrogen) atoms. The number of halogens is 1. The zero-order valence-electron chi connectivity index (χ0n) is 5.35. The van der Waals surface area contributed by atoms with Crippen LogP contribution in [0.2, 0.25) is 0 Å². The standard InChI is InChI=1S/C7H5FO2/c1-4-6-5(2-3-9-6)10-7(4)8/h2-3H,1H3. The average Bonchev–Trinajstić information content (AvgIpc) is 2.41. The minimum Gasteiger partial charge on any atom is -0.460 e. The quantitative estimate of drug-likeness (QED) is 0.561. The van der Waals surface area contributed by atoms with Crippen LogP contribution in [0.15, 0.2) is 21.2 Å². The minimum atomic E-state index is -0.561. The Morgan fingerprint density at radius 2 is 2.30 bits per heavy atom. The molecule has 0 saturated carbocycles. The molecule has 0 aliphatic heterocycles. The molecular formula is C7H5FO2. The Hall–Kier alpha value is -1.25. The third-order valence-electron chi connectivity index (χ3n) is 1.46. The number of furan rings is 2. The summed E-state index contributed by atoms with van der Waals surface area (Å²) in [5.74, 6) is 0. The zero-order valence-corrected chi connectivity index (χ0v) is 5.35. The molecule has 0 bridgehead atoms. The van der Waals surface area contributed by atoms with E-state index < -0.39 is 6.01 Å². The molecular weight excluding hydrogens is 135 g/mol. The molecule has 0 saturated heterocycles. The van der Waals surface area contributed by atoms with Crippen molar-refractivity contribution in [3.05, 3.63) is 23.9 Å². The highest BCUT2D eigenvalue weighted by Gasteiger charge is 2.11. The molecule has 2 rings (SSSR count). The molecule has 2 aromatic rings. The summed E-state index contributed by atoms with van der Waals surface area (Å²) in [4.78, 5) is 0. The van der Waals surface area contributed by atoms with Crippen LogP contribution in [-0.2, 0) is 0 Å². The second kappa shape index (κ2) is 1.62. The first kappa shape index (κ1) is 5.53. The highest BCUT2D eigenvalue weighted by molar-refractivity contribution is 5.74. The summed E-state index contributed by atoms with van der Waals surface area (Å²) in [6.07, 6.45) is 1.47. The Bertz CT molecular complexity index is 358. The van der Waals surface area contributed by atoms with Gasteiger partial charge in [0.25, 0.3) is 6.01 Å². The lowest BCUT2D eigenvalue weighted by molar-refractivity contribution is 0.376. The second-order valence-electron chi connectivity index (χ2n) is 2.11. The van der Waals surface area contributed by atoms with Crippen LogP contribution in [0.1, 0.15) is 5.56 Å². The lowest BCUT2D eigenvalue weighted by Gasteiger charge is -1.77. The second-order valence-corrected chi connectivity index (χ2v) is 2.11.